The van der Waals surface area contributed by atoms with Gasteiger partial charge in [0.15, 0.2) is 5.82 Å². The molecule has 4 aromatic rings. The largest absolute Gasteiger partial charge is 0.378 e. The molecule has 7 nitrogen and oxygen atoms in total. The Hall–Kier alpha value is -4.00. The lowest BCUT2D eigenvalue weighted by molar-refractivity contribution is -0.117. The van der Waals surface area contributed by atoms with Crippen LogP contribution in [-0.4, -0.2) is 32.2 Å². The zero-order valence-electron chi connectivity index (χ0n) is 19.9. The fourth-order valence-corrected chi connectivity index (χ4v) is 4.88. The number of rotatable bonds is 4. The van der Waals surface area contributed by atoms with Crippen molar-refractivity contribution in [3.8, 4) is 22.5 Å². The highest BCUT2D eigenvalue weighted by Crippen LogP contribution is 2.41. The number of anilines is 2. The topological polar surface area (TPSA) is 75.9 Å². The van der Waals surface area contributed by atoms with Gasteiger partial charge >= 0.3 is 0 Å². The monoisotopic (exact) mass is 452 g/mol. The molecule has 1 N–H and O–H groups in total. The molecule has 0 saturated carbocycles. The second-order valence-electron chi connectivity index (χ2n) is 9.02. The SMILES string of the molecule is CC(=O)N1c2ccc(-c3cccc(C)c3)cc2[C@H](Nc2ccc(-c3nnnn3C)cc2)C[C@@H]1C. The Kier molecular flexibility index (Phi) is 5.61. The van der Waals surface area contributed by atoms with E-state index in [-0.39, 0.29) is 18.0 Å². The van der Waals surface area contributed by atoms with Crippen molar-refractivity contribution in [3.05, 3.63) is 77.9 Å². The number of amides is 1. The molecule has 2 heterocycles. The molecule has 0 saturated heterocycles. The smallest absolute Gasteiger partial charge is 0.224 e. The third kappa shape index (κ3) is 4.05. The van der Waals surface area contributed by atoms with Gasteiger partial charge < -0.3 is 10.2 Å². The fourth-order valence-electron chi connectivity index (χ4n) is 4.88. The molecule has 0 aliphatic carbocycles. The van der Waals surface area contributed by atoms with Gasteiger partial charge in [0.25, 0.3) is 0 Å². The molecule has 0 unspecified atom stereocenters. The first kappa shape index (κ1) is 21.8. The Balaban J connectivity index is 1.50. The summed E-state index contributed by atoms with van der Waals surface area (Å²) in [6.07, 6.45) is 0.818. The molecular formula is C27H28N6O. The highest BCUT2D eigenvalue weighted by molar-refractivity contribution is 5.94. The predicted molar refractivity (Wildman–Crippen MR) is 134 cm³/mol. The highest BCUT2D eigenvalue weighted by Gasteiger charge is 2.32. The molecule has 1 aromatic heterocycles. The number of aromatic nitrogens is 4. The van der Waals surface area contributed by atoms with E-state index in [4.69, 9.17) is 0 Å². The lowest BCUT2D eigenvalue weighted by atomic mass is 9.88. The Morgan fingerprint density at radius 3 is 2.41 bits per heavy atom. The van der Waals surface area contributed by atoms with Crippen molar-refractivity contribution in [3.63, 3.8) is 0 Å². The minimum atomic E-state index is 0.0668. The Labute approximate surface area is 199 Å². The summed E-state index contributed by atoms with van der Waals surface area (Å²) in [5.41, 5.74) is 7.63. The molecule has 1 amide bonds. The van der Waals surface area contributed by atoms with E-state index in [1.807, 2.05) is 24.1 Å². The van der Waals surface area contributed by atoms with Gasteiger partial charge in [0.05, 0.1) is 6.04 Å². The van der Waals surface area contributed by atoms with Crippen molar-refractivity contribution in [2.45, 2.75) is 39.3 Å². The van der Waals surface area contributed by atoms with Gasteiger partial charge in [-0.2, -0.15) is 0 Å². The van der Waals surface area contributed by atoms with E-state index < -0.39 is 0 Å². The van der Waals surface area contributed by atoms with Gasteiger partial charge in [0.2, 0.25) is 5.91 Å². The Morgan fingerprint density at radius 1 is 1.00 bits per heavy atom. The van der Waals surface area contributed by atoms with Crippen LogP contribution in [-0.2, 0) is 11.8 Å². The van der Waals surface area contributed by atoms with Gasteiger partial charge in [0, 0.05) is 37.0 Å². The molecule has 7 heteroatoms. The molecule has 2 atom stereocenters. The number of hydrogen-bond donors (Lipinski definition) is 1. The van der Waals surface area contributed by atoms with Crippen molar-refractivity contribution in [2.24, 2.45) is 7.05 Å². The molecule has 172 valence electrons. The number of fused-ring (bicyclic) bond motifs is 1. The van der Waals surface area contributed by atoms with Crippen molar-refractivity contribution in [1.29, 1.82) is 0 Å². The van der Waals surface area contributed by atoms with Gasteiger partial charge in [-0.15, -0.1) is 5.10 Å². The number of carbonyl (C=O) groups is 1. The summed E-state index contributed by atoms with van der Waals surface area (Å²) in [4.78, 5) is 14.4. The van der Waals surface area contributed by atoms with Crippen molar-refractivity contribution >= 4 is 17.3 Å². The van der Waals surface area contributed by atoms with Gasteiger partial charge in [-0.05, 0) is 83.8 Å². The summed E-state index contributed by atoms with van der Waals surface area (Å²) in [6, 6.07) is 23.2. The first-order valence-corrected chi connectivity index (χ1v) is 11.5. The van der Waals surface area contributed by atoms with Crippen LogP contribution in [0.3, 0.4) is 0 Å². The van der Waals surface area contributed by atoms with Crippen molar-refractivity contribution < 1.29 is 4.79 Å². The van der Waals surface area contributed by atoms with Gasteiger partial charge in [-0.25, -0.2) is 4.68 Å². The maximum Gasteiger partial charge on any atom is 0.224 e. The standard InChI is InChI=1S/C27H28N6O/c1-17-6-5-7-21(14-17)22-10-13-26-24(16-22)25(15-18(2)33(26)19(3)34)28-23-11-8-20(9-12-23)27-29-30-31-32(27)4/h5-14,16,18,25,28H,15H2,1-4H3/t18-,25+/m0/s1. The number of hydrogen-bond acceptors (Lipinski definition) is 5. The van der Waals surface area contributed by atoms with E-state index >= 15 is 0 Å². The average molecular weight is 453 g/mol. The molecular weight excluding hydrogens is 424 g/mol. The summed E-state index contributed by atoms with van der Waals surface area (Å²) < 4.78 is 1.66. The van der Waals surface area contributed by atoms with E-state index in [1.165, 1.54) is 11.1 Å². The average Bonchev–Trinajstić information content (AvgIpc) is 3.25. The van der Waals surface area contributed by atoms with Gasteiger partial charge in [0.1, 0.15) is 0 Å². The molecule has 1 aliphatic heterocycles. The second kappa shape index (κ2) is 8.74. The summed E-state index contributed by atoms with van der Waals surface area (Å²) in [5.74, 6) is 0.792. The zero-order chi connectivity index (χ0) is 23.8. The third-order valence-electron chi connectivity index (χ3n) is 6.47. The molecule has 0 fully saturated rings. The maximum atomic E-state index is 12.5. The van der Waals surface area contributed by atoms with Crippen LogP contribution in [0.1, 0.15) is 37.4 Å². The molecule has 1 aliphatic rings. The summed E-state index contributed by atoms with van der Waals surface area (Å²) in [6.45, 7) is 5.85. The summed E-state index contributed by atoms with van der Waals surface area (Å²) in [7, 11) is 1.83. The van der Waals surface area contributed by atoms with Crippen LogP contribution >= 0.6 is 0 Å². The molecule has 34 heavy (non-hydrogen) atoms. The quantitative estimate of drug-likeness (QED) is 0.463. The minimum Gasteiger partial charge on any atom is -0.378 e. The second-order valence-corrected chi connectivity index (χ2v) is 9.02. The Bertz CT molecular complexity index is 1340. The van der Waals surface area contributed by atoms with Crippen LogP contribution in [0, 0.1) is 6.92 Å². The molecule has 0 radical (unpaired) electrons. The summed E-state index contributed by atoms with van der Waals surface area (Å²) >= 11 is 0. The van der Waals surface area contributed by atoms with Crippen LogP contribution in [0.15, 0.2) is 66.7 Å². The number of tetrazole rings is 1. The van der Waals surface area contributed by atoms with E-state index in [0.717, 1.165) is 40.3 Å². The van der Waals surface area contributed by atoms with Crippen LogP contribution in [0.2, 0.25) is 0 Å². The van der Waals surface area contributed by atoms with E-state index in [2.05, 4.69) is 89.3 Å². The predicted octanol–water partition coefficient (Wildman–Crippen LogP) is 5.15. The number of benzene rings is 3. The van der Waals surface area contributed by atoms with Gasteiger partial charge in [-0.3, -0.25) is 4.79 Å². The van der Waals surface area contributed by atoms with Crippen LogP contribution in [0.25, 0.3) is 22.5 Å². The van der Waals surface area contributed by atoms with Crippen LogP contribution in [0.5, 0.6) is 0 Å². The van der Waals surface area contributed by atoms with Crippen LogP contribution in [0.4, 0.5) is 11.4 Å². The molecule has 3 aromatic carbocycles. The van der Waals surface area contributed by atoms with Crippen molar-refractivity contribution in [2.75, 3.05) is 10.2 Å². The van der Waals surface area contributed by atoms with E-state index in [0.29, 0.717) is 0 Å². The van der Waals surface area contributed by atoms with E-state index in [1.54, 1.807) is 11.6 Å². The van der Waals surface area contributed by atoms with E-state index in [9.17, 15) is 4.79 Å². The first-order valence-electron chi connectivity index (χ1n) is 11.5. The fraction of sp³-hybridized carbons (Fsp3) is 0.259. The molecule has 0 spiro atoms. The minimum absolute atomic E-state index is 0.0668. The normalized spacial score (nSPS) is 17.4. The Morgan fingerprint density at radius 2 is 1.74 bits per heavy atom. The number of aryl methyl sites for hydroxylation is 2. The lowest BCUT2D eigenvalue weighted by Crippen LogP contribution is -2.43. The van der Waals surface area contributed by atoms with Crippen LogP contribution < -0.4 is 10.2 Å². The first-order chi connectivity index (χ1) is 16.4. The number of nitrogens with one attached hydrogen (secondary N) is 1. The zero-order valence-corrected chi connectivity index (χ0v) is 19.9. The number of nitrogens with zero attached hydrogens (tertiary/aromatic N) is 5. The summed E-state index contributed by atoms with van der Waals surface area (Å²) in [5, 5.41) is 15.4. The van der Waals surface area contributed by atoms with Crippen molar-refractivity contribution in [1.82, 2.24) is 20.2 Å². The third-order valence-corrected chi connectivity index (χ3v) is 6.47. The molecule has 5 rings (SSSR count). The lowest BCUT2D eigenvalue weighted by Gasteiger charge is -2.39. The molecule has 0 bridgehead atoms. The highest BCUT2D eigenvalue weighted by atomic mass is 16.2. The maximum absolute atomic E-state index is 12.5. The number of carbonyl (C=O) groups excluding carboxylic acids is 1. The van der Waals surface area contributed by atoms with Gasteiger partial charge in [-0.1, -0.05) is 35.9 Å².